The second-order valence-corrected chi connectivity index (χ2v) is 9.58. The van der Waals surface area contributed by atoms with E-state index in [9.17, 15) is 52.9 Å². The average Bonchev–Trinajstić information content (AvgIpc) is 2.92. The summed E-state index contributed by atoms with van der Waals surface area (Å²) in [6.07, 6.45) is 0.507. The van der Waals surface area contributed by atoms with Gasteiger partial charge in [-0.3, -0.25) is 9.69 Å². The summed E-state index contributed by atoms with van der Waals surface area (Å²) in [5, 5.41) is 4.99. The van der Waals surface area contributed by atoms with Crippen LogP contribution in [-0.4, -0.2) is 49.0 Å². The van der Waals surface area contributed by atoms with E-state index in [1.807, 2.05) is 9.82 Å². The molecule has 21 heteroatoms. The van der Waals surface area contributed by atoms with Gasteiger partial charge in [0.25, 0.3) is 0 Å². The van der Waals surface area contributed by atoms with Crippen LogP contribution >= 0.6 is 0 Å². The Labute approximate surface area is 251 Å². The van der Waals surface area contributed by atoms with Crippen LogP contribution in [0, 0.1) is 46.5 Å². The fraction of sp³-hybridized carbons (Fsp3) is 0.190. The van der Waals surface area contributed by atoms with Gasteiger partial charge in [-0.2, -0.15) is 0 Å². The van der Waals surface area contributed by atoms with Crippen molar-refractivity contribution in [2.75, 3.05) is 25.4 Å². The maximum Gasteiger partial charge on any atom is 1.00 e. The van der Waals surface area contributed by atoms with E-state index in [4.69, 9.17) is 11.1 Å². The summed E-state index contributed by atoms with van der Waals surface area (Å²) >= 11 is 0. The average molecular weight is 631 g/mol. The van der Waals surface area contributed by atoms with Crippen molar-refractivity contribution in [2.45, 2.75) is 0 Å². The normalized spacial score (nSPS) is 15.8. The molecule has 0 N–H and O–H groups in total. The molecule has 3 rings (SSSR count). The standard InChI is InChI=1S/C21H11F8N7O4S.Na/c22-11-9(12(23)16(27)19(15(11)26)32-34-30)3-7-5-36(1-2-41(38,39)40)6-8(21(7)37)4-10-13(24)17(28)20(33-35-31)18(29)14(10)25;/h3-4H,1-2,5-6H2,(H,38,39,40);/q;+1/p-1. The number of likely N-dealkylation sites (tertiary alicyclic amines) is 1. The van der Waals surface area contributed by atoms with Crippen molar-refractivity contribution in [3.05, 3.63) is 89.7 Å². The third kappa shape index (κ3) is 7.11. The molecule has 216 valence electrons. The molecule has 1 aliphatic heterocycles. The Morgan fingerprint density at radius 2 is 1.07 bits per heavy atom. The Morgan fingerprint density at radius 3 is 1.36 bits per heavy atom. The largest absolute Gasteiger partial charge is 1.00 e. The quantitative estimate of drug-likeness (QED) is 0.0666. The van der Waals surface area contributed by atoms with Crippen LogP contribution in [0.2, 0.25) is 0 Å². The van der Waals surface area contributed by atoms with E-state index in [2.05, 4.69) is 10.2 Å². The number of Topliss-reactive ketones (excluding diaryl/α,β-unsaturated/α-hetero) is 1. The number of benzene rings is 2. The first-order valence-electron chi connectivity index (χ1n) is 10.6. The number of halogens is 8. The minimum atomic E-state index is -4.89. The minimum Gasteiger partial charge on any atom is -0.748 e. The summed E-state index contributed by atoms with van der Waals surface area (Å²) in [7, 11) is -4.89. The number of nitrogens with zero attached hydrogens (tertiary/aromatic N) is 7. The van der Waals surface area contributed by atoms with Crippen LogP contribution in [0.3, 0.4) is 0 Å². The first-order valence-corrected chi connectivity index (χ1v) is 12.1. The van der Waals surface area contributed by atoms with E-state index in [0.29, 0.717) is 0 Å². The van der Waals surface area contributed by atoms with Crippen molar-refractivity contribution < 1.29 is 82.4 Å². The summed E-state index contributed by atoms with van der Waals surface area (Å²) in [4.78, 5) is 18.0. The third-order valence-corrected chi connectivity index (χ3v) is 6.19. The Balaban J connectivity index is 0.00000616. The SMILES string of the molecule is [N-]=[N+]=Nc1c(F)c(F)c(C=C2CN(CCS(=O)(=O)[O-])CC(=Cc3c(F)c(F)c(N=[N+]=[N-])c(F)c3F)C2=O)c(F)c1F.[Na+]. The first kappa shape index (κ1) is 34.7. The molecule has 42 heavy (non-hydrogen) atoms. The predicted octanol–water partition coefficient (Wildman–Crippen LogP) is 2.58. The van der Waals surface area contributed by atoms with Crippen molar-refractivity contribution in [1.29, 1.82) is 0 Å². The van der Waals surface area contributed by atoms with Crippen molar-refractivity contribution in [3.63, 3.8) is 0 Å². The van der Waals surface area contributed by atoms with E-state index in [1.165, 1.54) is 0 Å². The van der Waals surface area contributed by atoms with Gasteiger partial charge in [-0.05, 0) is 23.2 Å². The molecular weight excluding hydrogens is 621 g/mol. The first-order chi connectivity index (χ1) is 19.1. The molecule has 0 unspecified atom stereocenters. The molecule has 0 bridgehead atoms. The molecule has 2 aromatic rings. The molecule has 0 radical (unpaired) electrons. The van der Waals surface area contributed by atoms with Crippen molar-refractivity contribution in [3.8, 4) is 0 Å². The van der Waals surface area contributed by atoms with Gasteiger partial charge in [0.05, 0.1) is 27.0 Å². The topological polar surface area (TPSA) is 175 Å². The molecule has 0 spiro atoms. The molecule has 1 heterocycles. The number of hydrogen-bond donors (Lipinski definition) is 0. The van der Waals surface area contributed by atoms with Crippen LogP contribution in [0.15, 0.2) is 21.4 Å². The molecule has 0 atom stereocenters. The zero-order valence-electron chi connectivity index (χ0n) is 20.7. The van der Waals surface area contributed by atoms with E-state index in [1.54, 1.807) is 0 Å². The van der Waals surface area contributed by atoms with Crippen LogP contribution in [-0.2, 0) is 14.9 Å². The summed E-state index contributed by atoms with van der Waals surface area (Å²) in [5.41, 5.74) is 8.71. The van der Waals surface area contributed by atoms with Crippen LogP contribution < -0.4 is 29.6 Å². The van der Waals surface area contributed by atoms with Gasteiger partial charge >= 0.3 is 29.6 Å². The fourth-order valence-electron chi connectivity index (χ4n) is 3.65. The van der Waals surface area contributed by atoms with Crippen LogP contribution in [0.25, 0.3) is 33.0 Å². The number of carbonyl (C=O) groups excluding carboxylic acids is 1. The number of ketones is 1. The van der Waals surface area contributed by atoms with Gasteiger partial charge in [-0.1, -0.05) is 10.2 Å². The van der Waals surface area contributed by atoms with E-state index in [-0.39, 0.29) is 41.7 Å². The number of carbonyl (C=O) groups is 1. The molecule has 0 aromatic heterocycles. The summed E-state index contributed by atoms with van der Waals surface area (Å²) in [6.45, 7) is -2.17. The fourth-order valence-corrected chi connectivity index (χ4v) is 4.13. The third-order valence-electron chi connectivity index (χ3n) is 5.50. The molecular formula is C21H10F8N7NaO4S. The number of hydrogen-bond acceptors (Lipinski definition) is 7. The van der Waals surface area contributed by atoms with Crippen LogP contribution in [0.1, 0.15) is 11.1 Å². The molecule has 1 aliphatic rings. The Kier molecular flexibility index (Phi) is 11.3. The summed E-state index contributed by atoms with van der Waals surface area (Å²) in [5.74, 6) is -19.6. The Morgan fingerprint density at radius 1 is 0.738 bits per heavy atom. The van der Waals surface area contributed by atoms with E-state index in [0.717, 1.165) is 4.90 Å². The number of piperidine rings is 1. The van der Waals surface area contributed by atoms with Gasteiger partial charge in [0.1, 0.15) is 11.4 Å². The smallest absolute Gasteiger partial charge is 0.748 e. The molecule has 1 fully saturated rings. The number of azide groups is 2. The van der Waals surface area contributed by atoms with Crippen molar-refractivity contribution >= 4 is 39.4 Å². The molecule has 0 aliphatic carbocycles. The van der Waals surface area contributed by atoms with E-state index < -0.39 is 121 Å². The second kappa shape index (κ2) is 13.7. The van der Waals surface area contributed by atoms with Gasteiger partial charge in [0.15, 0.2) is 52.3 Å². The summed E-state index contributed by atoms with van der Waals surface area (Å²) < 4.78 is 148. The number of rotatable bonds is 7. The van der Waals surface area contributed by atoms with Gasteiger partial charge in [-0.15, -0.1) is 0 Å². The molecule has 11 nitrogen and oxygen atoms in total. The van der Waals surface area contributed by atoms with Gasteiger partial charge < -0.3 is 4.55 Å². The van der Waals surface area contributed by atoms with Crippen LogP contribution in [0.5, 0.6) is 0 Å². The van der Waals surface area contributed by atoms with Gasteiger partial charge in [0, 0.05) is 40.6 Å². The van der Waals surface area contributed by atoms with Crippen molar-refractivity contribution in [1.82, 2.24) is 4.90 Å². The molecule has 0 amide bonds. The monoisotopic (exact) mass is 631 g/mol. The second-order valence-electron chi connectivity index (χ2n) is 8.06. The van der Waals surface area contributed by atoms with Crippen molar-refractivity contribution in [2.24, 2.45) is 10.2 Å². The maximum absolute atomic E-state index is 14.6. The minimum absolute atomic E-state index is 0. The molecule has 1 saturated heterocycles. The Bertz CT molecular complexity index is 1590. The Hall–Kier alpha value is -3.48. The zero-order chi connectivity index (χ0) is 30.8. The van der Waals surface area contributed by atoms with Crippen LogP contribution in [0.4, 0.5) is 46.5 Å². The van der Waals surface area contributed by atoms with Gasteiger partial charge in [0.2, 0.25) is 0 Å². The predicted molar refractivity (Wildman–Crippen MR) is 122 cm³/mol. The molecule has 0 saturated carbocycles. The maximum atomic E-state index is 14.6. The van der Waals surface area contributed by atoms with E-state index >= 15 is 0 Å². The van der Waals surface area contributed by atoms with Gasteiger partial charge in [-0.25, -0.2) is 43.5 Å². The molecule has 2 aromatic carbocycles. The zero-order valence-corrected chi connectivity index (χ0v) is 23.5. The summed E-state index contributed by atoms with van der Waals surface area (Å²) in [6, 6.07) is 0.